The van der Waals surface area contributed by atoms with Gasteiger partial charge in [0.05, 0.1) is 12.2 Å². The van der Waals surface area contributed by atoms with Crippen LogP contribution in [0, 0.1) is 11.3 Å². The summed E-state index contributed by atoms with van der Waals surface area (Å²) >= 11 is 3.10. The zero-order valence-corrected chi connectivity index (χ0v) is 11.5. The highest BCUT2D eigenvalue weighted by atomic mass is 79.9. The highest BCUT2D eigenvalue weighted by Crippen LogP contribution is 2.30. The number of carbonyl (C=O) groups is 1. The molecule has 0 saturated carbocycles. The second-order valence-corrected chi connectivity index (χ2v) is 3.88. The van der Waals surface area contributed by atoms with Crippen molar-refractivity contribution < 1.29 is 23.0 Å². The zero-order chi connectivity index (χ0) is 14.4. The Morgan fingerprint density at radius 2 is 2.21 bits per heavy atom. The van der Waals surface area contributed by atoms with Gasteiger partial charge in [0.1, 0.15) is 17.4 Å². The summed E-state index contributed by atoms with van der Waals surface area (Å²) in [6, 6.07) is 4.49. The Labute approximate surface area is 117 Å². The normalized spacial score (nSPS) is 10.1. The number of hydrogen-bond acceptors (Lipinski definition) is 4. The quantitative estimate of drug-likeness (QED) is 0.613. The van der Waals surface area contributed by atoms with Gasteiger partial charge in [-0.05, 0) is 13.0 Å². The molecule has 0 spiro atoms. The Bertz CT molecular complexity index is 514. The lowest BCUT2D eigenvalue weighted by Gasteiger charge is -2.13. The summed E-state index contributed by atoms with van der Waals surface area (Å²) in [6.45, 7) is -1.36. The van der Waals surface area contributed by atoms with Crippen LogP contribution in [0.1, 0.15) is 28.4 Å². The van der Waals surface area contributed by atoms with Crippen LogP contribution in [0.4, 0.5) is 8.78 Å². The van der Waals surface area contributed by atoms with E-state index < -0.39 is 12.6 Å². The largest absolute Gasteiger partial charge is 0.462 e. The Hall–Kier alpha value is -1.68. The predicted molar refractivity (Wildman–Crippen MR) is 66.4 cm³/mol. The highest BCUT2D eigenvalue weighted by molar-refractivity contribution is 9.08. The van der Waals surface area contributed by atoms with E-state index in [2.05, 4.69) is 20.7 Å². The molecule has 102 valence electrons. The van der Waals surface area contributed by atoms with Crippen molar-refractivity contribution in [2.75, 3.05) is 6.61 Å². The number of esters is 1. The third kappa shape index (κ3) is 3.64. The first kappa shape index (κ1) is 15.4. The van der Waals surface area contributed by atoms with E-state index in [9.17, 15) is 13.6 Å². The van der Waals surface area contributed by atoms with E-state index in [0.29, 0.717) is 5.56 Å². The van der Waals surface area contributed by atoms with E-state index in [1.165, 1.54) is 12.1 Å². The molecule has 0 aliphatic rings. The summed E-state index contributed by atoms with van der Waals surface area (Å²) in [5.74, 6) is -1.06. The molecule has 0 radical (unpaired) electrons. The average molecular weight is 334 g/mol. The number of rotatable bonds is 5. The minimum atomic E-state index is -3.08. The van der Waals surface area contributed by atoms with Crippen LogP contribution in [-0.2, 0) is 10.1 Å². The third-order valence-corrected chi connectivity index (χ3v) is 2.80. The Morgan fingerprint density at radius 3 is 2.68 bits per heavy atom. The summed E-state index contributed by atoms with van der Waals surface area (Å²) in [5, 5.41) is 9.27. The molecule has 0 aliphatic carbocycles. The summed E-state index contributed by atoms with van der Waals surface area (Å²) in [7, 11) is 0. The number of alkyl halides is 3. The van der Waals surface area contributed by atoms with Crippen LogP contribution in [0.3, 0.4) is 0 Å². The highest BCUT2D eigenvalue weighted by Gasteiger charge is 2.22. The molecule has 0 aromatic heterocycles. The van der Waals surface area contributed by atoms with Crippen molar-refractivity contribution in [1.29, 1.82) is 5.26 Å². The molecule has 0 bridgehead atoms. The fourth-order valence-corrected chi connectivity index (χ4v) is 1.89. The molecule has 0 atom stereocenters. The first-order valence-corrected chi connectivity index (χ1v) is 6.41. The zero-order valence-electron chi connectivity index (χ0n) is 9.95. The number of nitriles is 1. The van der Waals surface area contributed by atoms with Crippen molar-refractivity contribution in [1.82, 2.24) is 0 Å². The minimum Gasteiger partial charge on any atom is -0.462 e. The molecule has 19 heavy (non-hydrogen) atoms. The maximum atomic E-state index is 12.4. The van der Waals surface area contributed by atoms with Gasteiger partial charge in [-0.15, -0.1) is 0 Å². The molecule has 0 amide bonds. The van der Waals surface area contributed by atoms with Crippen molar-refractivity contribution in [3.63, 3.8) is 0 Å². The summed E-state index contributed by atoms with van der Waals surface area (Å²) in [6.07, 6.45) is 0. The van der Waals surface area contributed by atoms with E-state index in [4.69, 9.17) is 10.00 Å². The van der Waals surface area contributed by atoms with E-state index in [1.54, 1.807) is 13.0 Å². The number of benzene rings is 1. The number of carbonyl (C=O) groups excluding carboxylic acids is 1. The van der Waals surface area contributed by atoms with Gasteiger partial charge >= 0.3 is 12.6 Å². The Balaban J connectivity index is 3.36. The van der Waals surface area contributed by atoms with Crippen molar-refractivity contribution in [2.24, 2.45) is 0 Å². The van der Waals surface area contributed by atoms with E-state index >= 15 is 0 Å². The van der Waals surface area contributed by atoms with Crippen molar-refractivity contribution in [2.45, 2.75) is 18.9 Å². The van der Waals surface area contributed by atoms with Crippen LogP contribution in [0.15, 0.2) is 12.1 Å². The van der Waals surface area contributed by atoms with Gasteiger partial charge in [0.15, 0.2) is 0 Å². The molecule has 4 nitrogen and oxygen atoms in total. The molecule has 0 saturated heterocycles. The lowest BCUT2D eigenvalue weighted by Crippen LogP contribution is -2.11. The average Bonchev–Trinajstić information content (AvgIpc) is 2.37. The lowest BCUT2D eigenvalue weighted by molar-refractivity contribution is -0.0506. The first-order valence-electron chi connectivity index (χ1n) is 5.29. The van der Waals surface area contributed by atoms with E-state index in [-0.39, 0.29) is 28.8 Å². The summed E-state index contributed by atoms with van der Waals surface area (Å²) in [4.78, 5) is 11.6. The van der Waals surface area contributed by atoms with Gasteiger partial charge in [-0.2, -0.15) is 14.0 Å². The summed E-state index contributed by atoms with van der Waals surface area (Å²) < 4.78 is 33.8. The molecule has 1 aromatic rings. The fourth-order valence-electron chi connectivity index (χ4n) is 1.44. The second kappa shape index (κ2) is 7.04. The Kier molecular flexibility index (Phi) is 5.70. The van der Waals surface area contributed by atoms with Gasteiger partial charge < -0.3 is 9.47 Å². The standard InChI is InChI=1S/C12H10BrF2NO3/c1-2-18-11(17)8-4-3-7(5-13)10(9(8)6-16)19-12(14)15/h3-4,12H,2,5H2,1H3. The van der Waals surface area contributed by atoms with Crippen LogP contribution >= 0.6 is 15.9 Å². The first-order chi connectivity index (χ1) is 9.04. The monoisotopic (exact) mass is 333 g/mol. The topological polar surface area (TPSA) is 59.3 Å². The molecule has 0 unspecified atom stereocenters. The van der Waals surface area contributed by atoms with E-state index in [0.717, 1.165) is 0 Å². The number of ether oxygens (including phenoxy) is 2. The number of nitrogens with zero attached hydrogens (tertiary/aromatic N) is 1. The smallest absolute Gasteiger partial charge is 0.387 e. The molecule has 0 heterocycles. The lowest BCUT2D eigenvalue weighted by atomic mass is 10.0. The molecule has 0 N–H and O–H groups in total. The van der Waals surface area contributed by atoms with Gasteiger partial charge in [0.25, 0.3) is 0 Å². The van der Waals surface area contributed by atoms with Gasteiger partial charge in [-0.3, -0.25) is 0 Å². The predicted octanol–water partition coefficient (Wildman–Crippen LogP) is 3.23. The fraction of sp³-hybridized carbons (Fsp3) is 0.333. The van der Waals surface area contributed by atoms with Crippen molar-refractivity contribution >= 4 is 21.9 Å². The van der Waals surface area contributed by atoms with Gasteiger partial charge in [0.2, 0.25) is 0 Å². The van der Waals surface area contributed by atoms with Crippen LogP contribution in [0.5, 0.6) is 5.75 Å². The maximum Gasteiger partial charge on any atom is 0.387 e. The molecule has 1 aromatic carbocycles. The summed E-state index contributed by atoms with van der Waals surface area (Å²) in [5.41, 5.74) is 0.00491. The van der Waals surface area contributed by atoms with Gasteiger partial charge in [-0.25, -0.2) is 4.79 Å². The van der Waals surface area contributed by atoms with Crippen molar-refractivity contribution in [3.8, 4) is 11.8 Å². The molecule has 0 aliphatic heterocycles. The van der Waals surface area contributed by atoms with Gasteiger partial charge in [0, 0.05) is 10.9 Å². The van der Waals surface area contributed by atoms with Crippen molar-refractivity contribution in [3.05, 3.63) is 28.8 Å². The third-order valence-electron chi connectivity index (χ3n) is 2.20. The Morgan fingerprint density at radius 1 is 1.53 bits per heavy atom. The van der Waals surface area contributed by atoms with Gasteiger partial charge in [-0.1, -0.05) is 22.0 Å². The maximum absolute atomic E-state index is 12.4. The second-order valence-electron chi connectivity index (χ2n) is 3.32. The molecule has 0 fully saturated rings. The number of hydrogen-bond donors (Lipinski definition) is 0. The molecule has 1 rings (SSSR count). The molecule has 7 heteroatoms. The molecular weight excluding hydrogens is 324 g/mol. The van der Waals surface area contributed by atoms with Crippen LogP contribution < -0.4 is 4.74 Å². The van der Waals surface area contributed by atoms with Crippen LogP contribution in [-0.4, -0.2) is 19.2 Å². The number of halogens is 3. The SMILES string of the molecule is CCOC(=O)c1ccc(CBr)c(OC(F)F)c1C#N. The van der Waals surface area contributed by atoms with E-state index in [1.807, 2.05) is 0 Å². The minimum absolute atomic E-state index is 0.0929. The van der Waals surface area contributed by atoms with Crippen LogP contribution in [0.2, 0.25) is 0 Å². The molecular formula is C12H10BrF2NO3. The van der Waals surface area contributed by atoms with Crippen LogP contribution in [0.25, 0.3) is 0 Å².